The first-order valence-electron chi connectivity index (χ1n) is 11.6. The second-order valence-electron chi connectivity index (χ2n) is 10.3. The molecule has 2 aromatic rings. The Bertz CT molecular complexity index is 905. The molecule has 0 aliphatic carbocycles. The third kappa shape index (κ3) is 6.84. The zero-order chi connectivity index (χ0) is 23.3. The fourth-order valence-corrected chi connectivity index (χ4v) is 4.42. The molecule has 0 spiro atoms. The third-order valence-corrected chi connectivity index (χ3v) is 5.92. The van der Waals surface area contributed by atoms with E-state index in [1.807, 2.05) is 60.4 Å². The summed E-state index contributed by atoms with van der Waals surface area (Å²) in [6.45, 7) is 14.0. The maximum absolute atomic E-state index is 12.7. The molecule has 5 nitrogen and oxygen atoms in total. The van der Waals surface area contributed by atoms with Crippen LogP contribution >= 0.6 is 0 Å². The molecular formula is C27H37N3O2. The second-order valence-corrected chi connectivity index (χ2v) is 10.3. The SMILES string of the molecule is Cc1ccc(C(=O)Nc2ccc(N3CCN(C(=O)C[C@@H](C)CC(C)(C)C)CC3)cc2)cc1. The maximum Gasteiger partial charge on any atom is 0.255 e. The number of carbonyl (C=O) groups is 2. The molecular weight excluding hydrogens is 398 g/mol. The predicted octanol–water partition coefficient (Wildman–Crippen LogP) is 5.36. The van der Waals surface area contributed by atoms with E-state index in [0.717, 1.165) is 49.5 Å². The zero-order valence-corrected chi connectivity index (χ0v) is 20.1. The molecule has 1 heterocycles. The number of rotatable bonds is 6. The number of nitrogens with zero attached hydrogens (tertiary/aromatic N) is 2. The van der Waals surface area contributed by atoms with Gasteiger partial charge in [-0.25, -0.2) is 0 Å². The van der Waals surface area contributed by atoms with Crippen LogP contribution in [0.2, 0.25) is 0 Å². The minimum atomic E-state index is -0.106. The number of anilines is 2. The molecule has 2 amide bonds. The van der Waals surface area contributed by atoms with Gasteiger partial charge in [-0.15, -0.1) is 0 Å². The summed E-state index contributed by atoms with van der Waals surface area (Å²) in [6, 6.07) is 15.5. The summed E-state index contributed by atoms with van der Waals surface area (Å²) in [5, 5.41) is 2.95. The Balaban J connectivity index is 1.49. The highest BCUT2D eigenvalue weighted by molar-refractivity contribution is 6.04. The highest BCUT2D eigenvalue weighted by Crippen LogP contribution is 2.27. The zero-order valence-electron chi connectivity index (χ0n) is 20.1. The molecule has 1 N–H and O–H groups in total. The quantitative estimate of drug-likeness (QED) is 0.665. The van der Waals surface area contributed by atoms with Gasteiger partial charge >= 0.3 is 0 Å². The lowest BCUT2D eigenvalue weighted by Gasteiger charge is -2.37. The summed E-state index contributed by atoms with van der Waals surface area (Å²) >= 11 is 0. The Morgan fingerprint density at radius 1 is 0.938 bits per heavy atom. The minimum Gasteiger partial charge on any atom is -0.368 e. The van der Waals surface area contributed by atoms with Gasteiger partial charge in [0.1, 0.15) is 0 Å². The molecule has 32 heavy (non-hydrogen) atoms. The minimum absolute atomic E-state index is 0.106. The van der Waals surface area contributed by atoms with Crippen LogP contribution in [0.1, 0.15) is 56.5 Å². The van der Waals surface area contributed by atoms with Gasteiger partial charge in [-0.3, -0.25) is 9.59 Å². The Kier molecular flexibility index (Phi) is 7.60. The molecule has 3 rings (SSSR count). The molecule has 0 bridgehead atoms. The summed E-state index contributed by atoms with van der Waals surface area (Å²) in [4.78, 5) is 29.4. The lowest BCUT2D eigenvalue weighted by atomic mass is 9.84. The molecule has 0 radical (unpaired) electrons. The van der Waals surface area contributed by atoms with Crippen LogP contribution in [0.4, 0.5) is 11.4 Å². The van der Waals surface area contributed by atoms with Crippen molar-refractivity contribution in [1.82, 2.24) is 4.90 Å². The van der Waals surface area contributed by atoms with Gasteiger partial charge in [-0.2, -0.15) is 0 Å². The van der Waals surface area contributed by atoms with Crippen LogP contribution in [-0.4, -0.2) is 42.9 Å². The van der Waals surface area contributed by atoms with Gasteiger partial charge < -0.3 is 15.1 Å². The van der Waals surface area contributed by atoms with E-state index in [9.17, 15) is 9.59 Å². The van der Waals surface area contributed by atoms with E-state index in [2.05, 4.69) is 37.9 Å². The van der Waals surface area contributed by atoms with E-state index in [1.54, 1.807) is 0 Å². The van der Waals surface area contributed by atoms with Gasteiger partial charge in [0.05, 0.1) is 0 Å². The van der Waals surface area contributed by atoms with Crippen LogP contribution in [0, 0.1) is 18.3 Å². The van der Waals surface area contributed by atoms with E-state index in [4.69, 9.17) is 0 Å². The van der Waals surface area contributed by atoms with E-state index in [1.165, 1.54) is 0 Å². The Morgan fingerprint density at radius 3 is 2.09 bits per heavy atom. The highest BCUT2D eigenvalue weighted by Gasteiger charge is 2.24. The second kappa shape index (κ2) is 10.2. The topological polar surface area (TPSA) is 52.7 Å². The summed E-state index contributed by atoms with van der Waals surface area (Å²) in [5.41, 5.74) is 3.93. The van der Waals surface area contributed by atoms with E-state index >= 15 is 0 Å². The number of carbonyl (C=O) groups excluding carboxylic acids is 2. The van der Waals surface area contributed by atoms with Crippen molar-refractivity contribution >= 4 is 23.2 Å². The van der Waals surface area contributed by atoms with Gasteiger partial charge in [0.15, 0.2) is 0 Å². The van der Waals surface area contributed by atoms with E-state index in [-0.39, 0.29) is 17.2 Å². The molecule has 172 valence electrons. The molecule has 0 unspecified atom stereocenters. The van der Waals surface area contributed by atoms with Crippen molar-refractivity contribution in [3.8, 4) is 0 Å². The summed E-state index contributed by atoms with van der Waals surface area (Å²) in [5.74, 6) is 0.573. The number of hydrogen-bond donors (Lipinski definition) is 1. The molecule has 1 aliphatic rings. The van der Waals surface area contributed by atoms with Crippen molar-refractivity contribution in [3.63, 3.8) is 0 Å². The average Bonchev–Trinajstić information content (AvgIpc) is 2.73. The Morgan fingerprint density at radius 2 is 1.53 bits per heavy atom. The molecule has 5 heteroatoms. The fourth-order valence-electron chi connectivity index (χ4n) is 4.42. The normalized spacial score (nSPS) is 15.4. The third-order valence-electron chi connectivity index (χ3n) is 5.92. The summed E-state index contributed by atoms with van der Waals surface area (Å²) < 4.78 is 0. The van der Waals surface area contributed by atoms with Crippen molar-refractivity contribution < 1.29 is 9.59 Å². The highest BCUT2D eigenvalue weighted by atomic mass is 16.2. The van der Waals surface area contributed by atoms with Crippen molar-refractivity contribution in [2.75, 3.05) is 36.4 Å². The molecule has 1 aliphatic heterocycles. The lowest BCUT2D eigenvalue weighted by Crippen LogP contribution is -2.49. The number of aryl methyl sites for hydroxylation is 1. The molecule has 1 fully saturated rings. The van der Waals surface area contributed by atoms with Crippen LogP contribution in [0.25, 0.3) is 0 Å². The first-order chi connectivity index (χ1) is 15.1. The molecule has 0 saturated carbocycles. The lowest BCUT2D eigenvalue weighted by molar-refractivity contribution is -0.132. The van der Waals surface area contributed by atoms with Gasteiger partial charge in [0.2, 0.25) is 5.91 Å². The van der Waals surface area contributed by atoms with Crippen LogP contribution in [0.3, 0.4) is 0 Å². The van der Waals surface area contributed by atoms with Crippen LogP contribution < -0.4 is 10.2 Å². The number of hydrogen-bond acceptors (Lipinski definition) is 3. The fraction of sp³-hybridized carbons (Fsp3) is 0.481. The molecule has 1 saturated heterocycles. The van der Waals surface area contributed by atoms with Crippen LogP contribution in [0.5, 0.6) is 0 Å². The number of nitrogens with one attached hydrogen (secondary N) is 1. The number of amides is 2. The molecule has 0 aromatic heterocycles. The van der Waals surface area contributed by atoms with Gasteiger partial charge in [0.25, 0.3) is 5.91 Å². The van der Waals surface area contributed by atoms with Gasteiger partial charge in [-0.1, -0.05) is 45.4 Å². The van der Waals surface area contributed by atoms with Gasteiger partial charge in [0, 0.05) is 49.5 Å². The maximum atomic E-state index is 12.7. The Labute approximate surface area is 192 Å². The van der Waals surface area contributed by atoms with Crippen molar-refractivity contribution in [2.24, 2.45) is 11.3 Å². The molecule has 1 atom stereocenters. The molecule has 2 aromatic carbocycles. The summed E-state index contributed by atoms with van der Waals surface area (Å²) in [6.07, 6.45) is 1.69. The number of benzene rings is 2. The largest absolute Gasteiger partial charge is 0.368 e. The first kappa shape index (κ1) is 23.8. The van der Waals surface area contributed by atoms with Crippen LogP contribution in [0.15, 0.2) is 48.5 Å². The van der Waals surface area contributed by atoms with Crippen molar-refractivity contribution in [3.05, 3.63) is 59.7 Å². The van der Waals surface area contributed by atoms with Gasteiger partial charge in [-0.05, 0) is 61.1 Å². The van der Waals surface area contributed by atoms with Crippen LogP contribution in [-0.2, 0) is 4.79 Å². The predicted molar refractivity (Wildman–Crippen MR) is 132 cm³/mol. The van der Waals surface area contributed by atoms with Crippen molar-refractivity contribution in [1.29, 1.82) is 0 Å². The standard InChI is InChI=1S/C27H37N3O2/c1-20-6-8-22(9-7-20)26(32)28-23-10-12-24(13-11-23)29-14-16-30(17-15-29)25(31)18-21(2)19-27(3,4)5/h6-13,21H,14-19H2,1-5H3,(H,28,32)/t21-/m1/s1. The first-order valence-corrected chi connectivity index (χ1v) is 11.6. The van der Waals surface area contributed by atoms with Crippen molar-refractivity contribution in [2.45, 2.75) is 47.5 Å². The smallest absolute Gasteiger partial charge is 0.255 e. The number of piperazine rings is 1. The monoisotopic (exact) mass is 435 g/mol. The Hall–Kier alpha value is -2.82. The van der Waals surface area contributed by atoms with E-state index < -0.39 is 0 Å². The average molecular weight is 436 g/mol. The van der Waals surface area contributed by atoms with E-state index in [0.29, 0.717) is 17.9 Å². The summed E-state index contributed by atoms with van der Waals surface area (Å²) in [7, 11) is 0.